The summed E-state index contributed by atoms with van der Waals surface area (Å²) in [4.78, 5) is 27.7. The van der Waals surface area contributed by atoms with E-state index in [0.29, 0.717) is 22.5 Å². The van der Waals surface area contributed by atoms with E-state index in [-0.39, 0.29) is 11.3 Å². The molecule has 5 nitrogen and oxygen atoms in total. The number of benzene rings is 2. The van der Waals surface area contributed by atoms with Gasteiger partial charge in [-0.15, -0.1) is 0 Å². The molecule has 1 aliphatic carbocycles. The highest BCUT2D eigenvalue weighted by molar-refractivity contribution is 9.10. The average molecular weight is 441 g/mol. The quantitative estimate of drug-likeness (QED) is 0.516. The van der Waals surface area contributed by atoms with Crippen molar-refractivity contribution >= 4 is 38.4 Å². The maximum Gasteiger partial charge on any atom is 0.265 e. The van der Waals surface area contributed by atoms with Gasteiger partial charge < -0.3 is 15.4 Å². The Kier molecular flexibility index (Phi) is 5.22. The Labute approximate surface area is 170 Å². The summed E-state index contributed by atoms with van der Waals surface area (Å²) in [5, 5.41) is 13.6. The van der Waals surface area contributed by atoms with Gasteiger partial charge in [0.15, 0.2) is 0 Å². The molecule has 1 amide bonds. The topological polar surface area (TPSA) is 82.2 Å². The number of hydrogen-bond acceptors (Lipinski definition) is 3. The zero-order valence-corrected chi connectivity index (χ0v) is 16.9. The molecule has 0 spiro atoms. The first-order valence-corrected chi connectivity index (χ1v) is 10.3. The van der Waals surface area contributed by atoms with E-state index in [2.05, 4.69) is 26.2 Å². The third-order valence-corrected chi connectivity index (χ3v) is 5.91. The van der Waals surface area contributed by atoms with Crippen LogP contribution in [-0.2, 0) is 0 Å². The van der Waals surface area contributed by atoms with Crippen LogP contribution in [0.1, 0.15) is 53.9 Å². The van der Waals surface area contributed by atoms with E-state index in [9.17, 15) is 14.7 Å². The molecule has 0 bridgehead atoms. The lowest BCUT2D eigenvalue weighted by Crippen LogP contribution is -2.23. The Bertz CT molecular complexity index is 1080. The van der Waals surface area contributed by atoms with Crippen molar-refractivity contribution in [2.75, 3.05) is 5.32 Å². The van der Waals surface area contributed by atoms with Crippen LogP contribution in [0.25, 0.3) is 10.9 Å². The highest BCUT2D eigenvalue weighted by atomic mass is 79.9. The molecule has 0 radical (unpaired) electrons. The largest absolute Gasteiger partial charge is 0.506 e. The molecule has 6 heteroatoms. The fourth-order valence-corrected chi connectivity index (χ4v) is 4.29. The fourth-order valence-electron chi connectivity index (χ4n) is 3.93. The number of nitrogens with one attached hydrogen (secondary N) is 2. The predicted octanol–water partition coefficient (Wildman–Crippen LogP) is 5.30. The van der Waals surface area contributed by atoms with Gasteiger partial charge in [-0.1, -0.05) is 47.3 Å². The number of carbonyl (C=O) groups is 1. The summed E-state index contributed by atoms with van der Waals surface area (Å²) in [5.41, 5.74) is 1.44. The molecule has 1 aliphatic rings. The van der Waals surface area contributed by atoms with Crippen molar-refractivity contribution < 1.29 is 9.90 Å². The molecule has 144 valence electrons. The highest BCUT2D eigenvalue weighted by Gasteiger charge is 2.20. The zero-order chi connectivity index (χ0) is 19.7. The van der Waals surface area contributed by atoms with Crippen LogP contribution in [-0.4, -0.2) is 16.0 Å². The summed E-state index contributed by atoms with van der Waals surface area (Å²) >= 11 is 3.34. The molecule has 4 rings (SSSR count). The van der Waals surface area contributed by atoms with E-state index in [1.165, 1.54) is 37.7 Å². The molecule has 1 heterocycles. The Morgan fingerprint density at radius 1 is 1.07 bits per heavy atom. The number of halogens is 1. The van der Waals surface area contributed by atoms with Crippen LogP contribution < -0.4 is 10.9 Å². The lowest BCUT2D eigenvalue weighted by Gasteiger charge is -2.22. The average Bonchev–Trinajstić information content (AvgIpc) is 2.70. The van der Waals surface area contributed by atoms with Gasteiger partial charge in [-0.3, -0.25) is 9.59 Å². The number of hydrogen-bond donors (Lipinski definition) is 3. The number of H-pyrrole nitrogens is 1. The normalized spacial score (nSPS) is 14.9. The number of aromatic amines is 1. The van der Waals surface area contributed by atoms with E-state index in [0.717, 1.165) is 4.47 Å². The van der Waals surface area contributed by atoms with Crippen molar-refractivity contribution in [2.24, 2.45) is 0 Å². The van der Waals surface area contributed by atoms with Crippen molar-refractivity contribution in [2.45, 2.75) is 38.0 Å². The predicted molar refractivity (Wildman–Crippen MR) is 114 cm³/mol. The minimum absolute atomic E-state index is 0.290. The SMILES string of the molecule is O=C(Nc1ccc(C2CCCCC2)cc1)c1c(O)c2cc(Br)ccc2[nH]c1=O. The second-order valence-corrected chi connectivity index (χ2v) is 8.19. The van der Waals surface area contributed by atoms with Gasteiger partial charge in [-0.05, 0) is 54.7 Å². The van der Waals surface area contributed by atoms with Gasteiger partial charge in [0.25, 0.3) is 11.5 Å². The van der Waals surface area contributed by atoms with Crippen LogP contribution in [0, 0.1) is 0 Å². The summed E-state index contributed by atoms with van der Waals surface area (Å²) in [6.45, 7) is 0. The van der Waals surface area contributed by atoms with Crippen molar-refractivity contribution in [3.8, 4) is 5.75 Å². The number of pyridine rings is 1. The Morgan fingerprint density at radius 3 is 2.50 bits per heavy atom. The summed E-state index contributed by atoms with van der Waals surface area (Å²) in [6.07, 6.45) is 6.26. The summed E-state index contributed by atoms with van der Waals surface area (Å²) < 4.78 is 0.743. The summed E-state index contributed by atoms with van der Waals surface area (Å²) in [7, 11) is 0. The molecule has 1 aromatic heterocycles. The standard InChI is InChI=1S/C22H21BrN2O3/c23-15-8-11-18-17(12-15)20(26)19(22(28)25-18)21(27)24-16-9-6-14(7-10-16)13-4-2-1-3-5-13/h6-13H,1-5H2,(H,24,27)(H2,25,26,28). The molecule has 0 unspecified atom stereocenters. The third kappa shape index (κ3) is 3.69. The van der Waals surface area contributed by atoms with Gasteiger partial charge in [0.2, 0.25) is 0 Å². The maximum absolute atomic E-state index is 12.7. The number of amides is 1. The summed E-state index contributed by atoms with van der Waals surface area (Å²) in [6, 6.07) is 12.9. The molecule has 3 aromatic rings. The number of carbonyl (C=O) groups excluding carboxylic acids is 1. The lowest BCUT2D eigenvalue weighted by molar-refractivity contribution is 0.102. The Morgan fingerprint density at radius 2 is 1.79 bits per heavy atom. The molecule has 2 aromatic carbocycles. The van der Waals surface area contributed by atoms with Crippen LogP contribution >= 0.6 is 15.9 Å². The van der Waals surface area contributed by atoms with Crippen molar-refractivity contribution in [1.82, 2.24) is 4.98 Å². The van der Waals surface area contributed by atoms with Crippen LogP contribution in [0.3, 0.4) is 0 Å². The van der Waals surface area contributed by atoms with Crippen LogP contribution in [0.15, 0.2) is 51.7 Å². The molecular formula is C22H21BrN2O3. The number of aromatic nitrogens is 1. The van der Waals surface area contributed by atoms with Gasteiger partial charge >= 0.3 is 0 Å². The molecule has 1 saturated carbocycles. The van der Waals surface area contributed by atoms with Crippen molar-refractivity contribution in [3.05, 3.63) is 68.4 Å². The molecule has 28 heavy (non-hydrogen) atoms. The minimum atomic E-state index is -0.633. The minimum Gasteiger partial charge on any atom is -0.506 e. The number of fused-ring (bicyclic) bond motifs is 1. The molecule has 0 atom stereocenters. The van der Waals surface area contributed by atoms with Crippen LogP contribution in [0.5, 0.6) is 5.75 Å². The number of aromatic hydroxyl groups is 1. The highest BCUT2D eigenvalue weighted by Crippen LogP contribution is 2.33. The first-order valence-electron chi connectivity index (χ1n) is 9.49. The van der Waals surface area contributed by atoms with Gasteiger partial charge in [0, 0.05) is 15.5 Å². The van der Waals surface area contributed by atoms with Gasteiger partial charge in [0.05, 0.1) is 5.52 Å². The van der Waals surface area contributed by atoms with Gasteiger partial charge in [-0.2, -0.15) is 0 Å². The van der Waals surface area contributed by atoms with Crippen LogP contribution in [0.4, 0.5) is 5.69 Å². The third-order valence-electron chi connectivity index (χ3n) is 5.42. The first kappa shape index (κ1) is 18.7. The zero-order valence-electron chi connectivity index (χ0n) is 15.3. The maximum atomic E-state index is 12.7. The van der Waals surface area contributed by atoms with E-state index >= 15 is 0 Å². The van der Waals surface area contributed by atoms with E-state index in [1.54, 1.807) is 18.2 Å². The summed E-state index contributed by atoms with van der Waals surface area (Å²) in [5.74, 6) is -0.369. The molecule has 0 aliphatic heterocycles. The van der Waals surface area contributed by atoms with Crippen LogP contribution in [0.2, 0.25) is 0 Å². The van der Waals surface area contributed by atoms with E-state index in [1.807, 2.05) is 24.3 Å². The smallest absolute Gasteiger partial charge is 0.265 e. The fraction of sp³-hybridized carbons (Fsp3) is 0.273. The Balaban J connectivity index is 1.59. The second kappa shape index (κ2) is 7.80. The lowest BCUT2D eigenvalue weighted by atomic mass is 9.84. The Hall–Kier alpha value is -2.60. The molecule has 0 saturated heterocycles. The van der Waals surface area contributed by atoms with Gasteiger partial charge in [0.1, 0.15) is 11.3 Å². The van der Waals surface area contributed by atoms with E-state index < -0.39 is 11.5 Å². The van der Waals surface area contributed by atoms with Gasteiger partial charge in [-0.25, -0.2) is 0 Å². The second-order valence-electron chi connectivity index (χ2n) is 7.28. The number of rotatable bonds is 3. The van der Waals surface area contributed by atoms with E-state index in [4.69, 9.17) is 0 Å². The molecular weight excluding hydrogens is 420 g/mol. The van der Waals surface area contributed by atoms with Crippen molar-refractivity contribution in [3.63, 3.8) is 0 Å². The first-order chi connectivity index (χ1) is 13.5. The monoisotopic (exact) mass is 440 g/mol. The molecule has 1 fully saturated rings. The van der Waals surface area contributed by atoms with Crippen molar-refractivity contribution in [1.29, 1.82) is 0 Å². The number of anilines is 1. The molecule has 3 N–H and O–H groups in total.